The minimum atomic E-state index is -3.67. The standard InChI is InChI=1S/C13H19NO5S/c1-4-19-12-8-6-11(7-9-12)14(10(3)13(15)16)20(17,18)5-2/h6-10H,4-5H2,1-3H3,(H,15,16). The Labute approximate surface area is 119 Å². The molecule has 1 aromatic carbocycles. The van der Waals surface area contributed by atoms with Crippen molar-refractivity contribution in [2.75, 3.05) is 16.7 Å². The van der Waals surface area contributed by atoms with E-state index in [9.17, 15) is 13.2 Å². The molecule has 1 N–H and O–H groups in total. The summed E-state index contributed by atoms with van der Waals surface area (Å²) in [4.78, 5) is 11.1. The van der Waals surface area contributed by atoms with Gasteiger partial charge in [0.25, 0.3) is 0 Å². The minimum absolute atomic E-state index is 0.169. The second kappa shape index (κ2) is 6.60. The summed E-state index contributed by atoms with van der Waals surface area (Å²) < 4.78 is 30.4. The molecular formula is C13H19NO5S. The van der Waals surface area contributed by atoms with Crippen molar-refractivity contribution in [2.45, 2.75) is 26.8 Å². The Hall–Kier alpha value is -1.76. The fraction of sp³-hybridized carbons (Fsp3) is 0.462. The first-order chi connectivity index (χ1) is 9.33. The van der Waals surface area contributed by atoms with E-state index in [1.54, 1.807) is 12.1 Å². The normalized spacial score (nSPS) is 12.8. The molecule has 0 radical (unpaired) electrons. The van der Waals surface area contributed by atoms with E-state index in [0.29, 0.717) is 18.0 Å². The molecule has 6 nitrogen and oxygen atoms in total. The smallest absolute Gasteiger partial charge is 0.327 e. The fourth-order valence-corrected chi connectivity index (χ4v) is 3.01. The maximum Gasteiger partial charge on any atom is 0.327 e. The molecule has 112 valence electrons. The highest BCUT2D eigenvalue weighted by molar-refractivity contribution is 7.92. The summed E-state index contributed by atoms with van der Waals surface area (Å²) in [5, 5.41) is 9.08. The molecule has 0 aromatic heterocycles. The van der Waals surface area contributed by atoms with Crippen LogP contribution in [0.3, 0.4) is 0 Å². The number of hydrogen-bond acceptors (Lipinski definition) is 4. The molecule has 7 heteroatoms. The van der Waals surface area contributed by atoms with Gasteiger partial charge in [-0.1, -0.05) is 0 Å². The lowest BCUT2D eigenvalue weighted by Gasteiger charge is -2.27. The molecule has 0 aliphatic heterocycles. The van der Waals surface area contributed by atoms with Gasteiger partial charge < -0.3 is 9.84 Å². The van der Waals surface area contributed by atoms with Crippen LogP contribution in [0, 0.1) is 0 Å². The highest BCUT2D eigenvalue weighted by Crippen LogP contribution is 2.24. The average molecular weight is 301 g/mol. The van der Waals surface area contributed by atoms with E-state index in [2.05, 4.69) is 0 Å². The second-order valence-corrected chi connectivity index (χ2v) is 6.27. The molecule has 0 heterocycles. The summed E-state index contributed by atoms with van der Waals surface area (Å²) in [7, 11) is -3.67. The van der Waals surface area contributed by atoms with Gasteiger partial charge in [-0.2, -0.15) is 0 Å². The zero-order valence-electron chi connectivity index (χ0n) is 11.7. The molecule has 1 aromatic rings. The second-order valence-electron chi connectivity index (χ2n) is 4.14. The van der Waals surface area contributed by atoms with Crippen molar-refractivity contribution in [1.82, 2.24) is 0 Å². The van der Waals surface area contributed by atoms with Gasteiger partial charge in [-0.3, -0.25) is 4.31 Å². The maximum atomic E-state index is 12.1. The van der Waals surface area contributed by atoms with Crippen LogP contribution in [0.1, 0.15) is 20.8 Å². The topological polar surface area (TPSA) is 83.9 Å². The zero-order valence-corrected chi connectivity index (χ0v) is 12.6. The van der Waals surface area contributed by atoms with Gasteiger partial charge >= 0.3 is 5.97 Å². The van der Waals surface area contributed by atoms with E-state index in [0.717, 1.165) is 4.31 Å². The van der Waals surface area contributed by atoms with Gasteiger partial charge in [0, 0.05) is 0 Å². The Bertz CT molecular complexity index is 553. The van der Waals surface area contributed by atoms with Crippen molar-refractivity contribution >= 4 is 21.7 Å². The highest BCUT2D eigenvalue weighted by atomic mass is 32.2. The fourth-order valence-electron chi connectivity index (χ4n) is 1.72. The molecular weight excluding hydrogens is 282 g/mol. The third-order valence-corrected chi connectivity index (χ3v) is 4.63. The largest absolute Gasteiger partial charge is 0.494 e. The van der Waals surface area contributed by atoms with E-state index in [4.69, 9.17) is 9.84 Å². The van der Waals surface area contributed by atoms with Gasteiger partial charge in [0.2, 0.25) is 10.0 Å². The van der Waals surface area contributed by atoms with Gasteiger partial charge in [0.15, 0.2) is 0 Å². The molecule has 1 atom stereocenters. The Morgan fingerprint density at radius 2 is 1.85 bits per heavy atom. The number of hydrogen-bond donors (Lipinski definition) is 1. The third-order valence-electron chi connectivity index (χ3n) is 2.78. The minimum Gasteiger partial charge on any atom is -0.494 e. The number of benzene rings is 1. The summed E-state index contributed by atoms with van der Waals surface area (Å²) >= 11 is 0. The lowest BCUT2D eigenvalue weighted by Crippen LogP contribution is -2.44. The summed E-state index contributed by atoms with van der Waals surface area (Å²) in [5.74, 6) is -0.762. The van der Waals surface area contributed by atoms with E-state index >= 15 is 0 Å². The van der Waals surface area contributed by atoms with Crippen LogP contribution in [0.5, 0.6) is 5.75 Å². The number of carbonyl (C=O) groups is 1. The number of carboxylic acids is 1. The first-order valence-corrected chi connectivity index (χ1v) is 7.92. The Morgan fingerprint density at radius 1 is 1.30 bits per heavy atom. The molecule has 0 aliphatic carbocycles. The Kier molecular flexibility index (Phi) is 5.38. The van der Waals surface area contributed by atoms with Gasteiger partial charge in [-0.15, -0.1) is 0 Å². The number of aliphatic carboxylic acids is 1. The summed E-state index contributed by atoms with van der Waals surface area (Å²) in [6, 6.07) is 5.14. The van der Waals surface area contributed by atoms with Crippen LogP contribution in [0.4, 0.5) is 5.69 Å². The SMILES string of the molecule is CCOc1ccc(N(C(C)C(=O)O)S(=O)(=O)CC)cc1. The van der Waals surface area contributed by atoms with Crippen LogP contribution in [0.25, 0.3) is 0 Å². The van der Waals surface area contributed by atoms with E-state index in [1.165, 1.54) is 26.0 Å². The number of rotatable bonds is 7. The molecule has 0 spiro atoms. The number of ether oxygens (including phenoxy) is 1. The molecule has 0 fully saturated rings. The Morgan fingerprint density at radius 3 is 2.25 bits per heavy atom. The molecule has 0 bridgehead atoms. The van der Waals surface area contributed by atoms with E-state index in [-0.39, 0.29) is 5.75 Å². The van der Waals surface area contributed by atoms with Crippen molar-refractivity contribution in [1.29, 1.82) is 0 Å². The number of anilines is 1. The average Bonchev–Trinajstić information content (AvgIpc) is 2.41. The quantitative estimate of drug-likeness (QED) is 0.829. The van der Waals surface area contributed by atoms with Crippen LogP contribution in [0.15, 0.2) is 24.3 Å². The van der Waals surface area contributed by atoms with Gasteiger partial charge in [0.05, 0.1) is 18.0 Å². The predicted molar refractivity (Wildman–Crippen MR) is 76.6 cm³/mol. The van der Waals surface area contributed by atoms with Crippen molar-refractivity contribution in [2.24, 2.45) is 0 Å². The van der Waals surface area contributed by atoms with E-state index in [1.807, 2.05) is 6.92 Å². The third kappa shape index (κ3) is 3.63. The lowest BCUT2D eigenvalue weighted by molar-refractivity contribution is -0.137. The Balaban J connectivity index is 3.21. The lowest BCUT2D eigenvalue weighted by atomic mass is 10.2. The van der Waals surface area contributed by atoms with Crippen molar-refractivity contribution < 1.29 is 23.1 Å². The van der Waals surface area contributed by atoms with Gasteiger partial charge in [0.1, 0.15) is 11.8 Å². The van der Waals surface area contributed by atoms with E-state index < -0.39 is 22.0 Å². The van der Waals surface area contributed by atoms with Gasteiger partial charge in [-0.25, -0.2) is 13.2 Å². The monoisotopic (exact) mass is 301 g/mol. The van der Waals surface area contributed by atoms with Crippen LogP contribution in [0.2, 0.25) is 0 Å². The van der Waals surface area contributed by atoms with Crippen LogP contribution < -0.4 is 9.04 Å². The molecule has 0 aliphatic rings. The highest BCUT2D eigenvalue weighted by Gasteiger charge is 2.30. The van der Waals surface area contributed by atoms with Crippen LogP contribution in [-0.4, -0.2) is 37.9 Å². The molecule has 0 saturated carbocycles. The predicted octanol–water partition coefficient (Wildman–Crippen LogP) is 1.71. The first kappa shape index (κ1) is 16.3. The summed E-state index contributed by atoms with van der Waals surface area (Å²) in [6.45, 7) is 5.16. The zero-order chi connectivity index (χ0) is 15.3. The van der Waals surface area contributed by atoms with Crippen LogP contribution in [-0.2, 0) is 14.8 Å². The molecule has 20 heavy (non-hydrogen) atoms. The molecule has 0 amide bonds. The summed E-state index contributed by atoms with van der Waals surface area (Å²) in [6.07, 6.45) is 0. The van der Waals surface area contributed by atoms with Crippen molar-refractivity contribution in [3.05, 3.63) is 24.3 Å². The summed E-state index contributed by atoms with van der Waals surface area (Å²) in [5.41, 5.74) is 0.310. The number of sulfonamides is 1. The molecule has 1 rings (SSSR count). The van der Waals surface area contributed by atoms with Crippen molar-refractivity contribution in [3.8, 4) is 5.75 Å². The molecule has 0 saturated heterocycles. The van der Waals surface area contributed by atoms with Crippen LogP contribution >= 0.6 is 0 Å². The maximum absolute atomic E-state index is 12.1. The van der Waals surface area contributed by atoms with Crippen molar-refractivity contribution in [3.63, 3.8) is 0 Å². The number of carboxylic acid groups (broad SMARTS) is 1. The number of nitrogens with zero attached hydrogens (tertiary/aromatic N) is 1. The van der Waals surface area contributed by atoms with Gasteiger partial charge in [-0.05, 0) is 45.0 Å². The molecule has 1 unspecified atom stereocenters. The first-order valence-electron chi connectivity index (χ1n) is 6.31.